The van der Waals surface area contributed by atoms with E-state index in [0.717, 1.165) is 33.4 Å². The van der Waals surface area contributed by atoms with Gasteiger partial charge in [-0.05, 0) is 101 Å². The zero-order valence-corrected chi connectivity index (χ0v) is 33.7. The van der Waals surface area contributed by atoms with Gasteiger partial charge in [0.1, 0.15) is 11.2 Å². The molecule has 0 aliphatic rings. The summed E-state index contributed by atoms with van der Waals surface area (Å²) in [5.74, 6) is -2.46. The Kier molecular flexibility index (Phi) is 16.4. The number of carboxylic acids is 2. The van der Waals surface area contributed by atoms with Gasteiger partial charge in [-0.3, -0.25) is 4.79 Å². The van der Waals surface area contributed by atoms with Crippen LogP contribution in [-0.2, 0) is 31.9 Å². The number of carboxylic acid groups (broad SMARTS) is 2. The van der Waals surface area contributed by atoms with Crippen LogP contribution in [0.4, 0.5) is 9.59 Å². The van der Waals surface area contributed by atoms with Crippen LogP contribution in [0.5, 0.6) is 0 Å². The smallest absolute Gasteiger partial charge is 0.408 e. The van der Waals surface area contributed by atoms with Crippen molar-refractivity contribution in [1.29, 1.82) is 0 Å². The Morgan fingerprint density at radius 3 is 1.39 bits per heavy atom. The third-order valence-corrected chi connectivity index (χ3v) is 8.33. The van der Waals surface area contributed by atoms with Crippen LogP contribution in [0.25, 0.3) is 22.3 Å². The summed E-state index contributed by atoms with van der Waals surface area (Å²) in [6, 6.07) is 35.4. The number of hydrogen-bond acceptors (Lipinski definition) is 6. The molecule has 0 radical (unpaired) electrons. The maximum atomic E-state index is 12.2. The minimum Gasteiger partial charge on any atom is -0.481 e. The van der Waals surface area contributed by atoms with Crippen LogP contribution < -0.4 is 10.6 Å². The van der Waals surface area contributed by atoms with E-state index in [0.29, 0.717) is 19.3 Å². The van der Waals surface area contributed by atoms with E-state index >= 15 is 0 Å². The topological polar surface area (TPSA) is 151 Å². The Labute approximate surface area is 331 Å². The Bertz CT molecular complexity index is 1890. The highest BCUT2D eigenvalue weighted by molar-refractivity contribution is 5.86. The summed E-state index contributed by atoms with van der Waals surface area (Å²) < 4.78 is 10.6. The second-order valence-corrected chi connectivity index (χ2v) is 15.8. The van der Waals surface area contributed by atoms with E-state index in [1.807, 2.05) is 97.1 Å². The van der Waals surface area contributed by atoms with Gasteiger partial charge < -0.3 is 30.3 Å². The van der Waals surface area contributed by atoms with Gasteiger partial charge in [-0.25, -0.2) is 14.4 Å². The lowest BCUT2D eigenvalue weighted by molar-refractivity contribution is -0.141. The molecule has 1 unspecified atom stereocenters. The van der Waals surface area contributed by atoms with Gasteiger partial charge in [-0.1, -0.05) is 122 Å². The molecule has 2 amide bonds. The van der Waals surface area contributed by atoms with Crippen molar-refractivity contribution in [2.45, 2.75) is 97.9 Å². The number of aliphatic carboxylic acids is 2. The van der Waals surface area contributed by atoms with Crippen molar-refractivity contribution in [3.05, 3.63) is 132 Å². The van der Waals surface area contributed by atoms with Gasteiger partial charge in [0.25, 0.3) is 0 Å². The van der Waals surface area contributed by atoms with E-state index < -0.39 is 47.3 Å². The highest BCUT2D eigenvalue weighted by Crippen LogP contribution is 2.22. The van der Waals surface area contributed by atoms with Gasteiger partial charge in [-0.15, -0.1) is 0 Å². The third kappa shape index (κ3) is 16.6. The number of carbonyl (C=O) groups excluding carboxylic acids is 2. The van der Waals surface area contributed by atoms with E-state index in [-0.39, 0.29) is 11.6 Å². The fourth-order valence-corrected chi connectivity index (χ4v) is 5.64. The first-order valence-electron chi connectivity index (χ1n) is 18.7. The molecule has 0 aliphatic heterocycles. The van der Waals surface area contributed by atoms with Crippen molar-refractivity contribution in [1.82, 2.24) is 10.6 Å². The molecule has 56 heavy (non-hydrogen) atoms. The van der Waals surface area contributed by atoms with Crippen LogP contribution >= 0.6 is 0 Å². The lowest BCUT2D eigenvalue weighted by Crippen LogP contribution is -2.41. The fourth-order valence-electron chi connectivity index (χ4n) is 5.64. The van der Waals surface area contributed by atoms with E-state index in [1.54, 1.807) is 48.5 Å². The molecule has 298 valence electrons. The van der Waals surface area contributed by atoms with E-state index in [1.165, 1.54) is 13.0 Å². The molecule has 0 saturated heterocycles. The molecule has 0 fully saturated rings. The first-order chi connectivity index (χ1) is 26.3. The summed E-state index contributed by atoms with van der Waals surface area (Å²) in [5.41, 5.74) is 5.41. The summed E-state index contributed by atoms with van der Waals surface area (Å²) in [4.78, 5) is 46.8. The SMILES string of the molecule is C/C(=C\[C@@H](Cc1ccc(-c2ccccc2)cc1)NC(=O)OC(C)(C)C)C(=O)O.CC(C[C@@H](Cc1ccc(-c2ccccc2)cc1)NC(=O)OC(C)(C)C)C(=O)O. The van der Waals surface area contributed by atoms with Gasteiger partial charge in [0.15, 0.2) is 0 Å². The monoisotopic (exact) mass is 764 g/mol. The maximum absolute atomic E-state index is 12.2. The summed E-state index contributed by atoms with van der Waals surface area (Å²) >= 11 is 0. The number of carbonyl (C=O) groups is 4. The minimum absolute atomic E-state index is 0.168. The summed E-state index contributed by atoms with van der Waals surface area (Å²) in [6.45, 7) is 13.9. The Morgan fingerprint density at radius 1 is 0.607 bits per heavy atom. The molecular formula is C46H56N2O8. The van der Waals surface area contributed by atoms with E-state index in [2.05, 4.69) is 22.8 Å². The largest absolute Gasteiger partial charge is 0.481 e. The van der Waals surface area contributed by atoms with Crippen molar-refractivity contribution < 1.29 is 38.9 Å². The summed E-state index contributed by atoms with van der Waals surface area (Å²) in [6.07, 6.45) is 1.75. The molecule has 4 aromatic rings. The van der Waals surface area contributed by atoms with Gasteiger partial charge in [-0.2, -0.15) is 0 Å². The molecule has 4 aromatic carbocycles. The predicted octanol–water partition coefficient (Wildman–Crippen LogP) is 9.72. The van der Waals surface area contributed by atoms with Crippen molar-refractivity contribution >= 4 is 24.1 Å². The van der Waals surface area contributed by atoms with Crippen LogP contribution in [-0.4, -0.2) is 57.6 Å². The standard InChI is InChI=1S/C23H29NO4.C23H27NO4/c2*1-16(21(25)26)14-20(24-22(27)28-23(2,3)4)15-17-10-12-19(13-11-17)18-8-6-5-7-9-18/h5-13,16,20H,14-15H2,1-4H3,(H,24,27)(H,25,26);5-14,20H,15H2,1-4H3,(H,24,27)(H,25,26)/b;16-14+/t16?,20-;20-/m00/s1. The van der Waals surface area contributed by atoms with E-state index in [9.17, 15) is 24.3 Å². The molecule has 0 aliphatic carbocycles. The van der Waals surface area contributed by atoms with E-state index in [4.69, 9.17) is 14.6 Å². The molecule has 4 rings (SSSR count). The van der Waals surface area contributed by atoms with Crippen LogP contribution in [0, 0.1) is 5.92 Å². The molecule has 0 bridgehead atoms. The number of nitrogens with one attached hydrogen (secondary N) is 2. The number of hydrogen-bond donors (Lipinski definition) is 4. The quantitative estimate of drug-likeness (QED) is 0.0983. The zero-order chi connectivity index (χ0) is 41.5. The molecule has 0 saturated carbocycles. The van der Waals surface area contributed by atoms with Crippen LogP contribution in [0.15, 0.2) is 121 Å². The number of alkyl carbamates (subject to hydrolysis) is 2. The molecule has 3 atom stereocenters. The van der Waals surface area contributed by atoms with Crippen molar-refractivity contribution in [3.63, 3.8) is 0 Å². The maximum Gasteiger partial charge on any atom is 0.408 e. The van der Waals surface area contributed by atoms with Gasteiger partial charge in [0.05, 0.1) is 12.0 Å². The molecule has 4 N–H and O–H groups in total. The minimum atomic E-state index is -1.02. The molecule has 0 spiro atoms. The second kappa shape index (κ2) is 20.7. The fraction of sp³-hybridized carbons (Fsp3) is 0.348. The number of ether oxygens (including phenoxy) is 2. The second-order valence-electron chi connectivity index (χ2n) is 15.8. The first-order valence-corrected chi connectivity index (χ1v) is 18.7. The van der Waals surface area contributed by atoms with Crippen molar-refractivity contribution in [3.8, 4) is 22.3 Å². The first kappa shape index (κ1) is 44.5. The van der Waals surface area contributed by atoms with Gasteiger partial charge >= 0.3 is 24.1 Å². The molecular weight excluding hydrogens is 709 g/mol. The average Bonchev–Trinajstić information content (AvgIpc) is 3.11. The van der Waals surface area contributed by atoms with Crippen molar-refractivity contribution in [2.24, 2.45) is 5.92 Å². The molecule has 0 aromatic heterocycles. The van der Waals surface area contributed by atoms with Crippen molar-refractivity contribution in [2.75, 3.05) is 0 Å². The summed E-state index contributed by atoms with van der Waals surface area (Å²) in [7, 11) is 0. The zero-order valence-electron chi connectivity index (χ0n) is 33.7. The molecule has 0 heterocycles. The van der Waals surface area contributed by atoms with Gasteiger partial charge in [0, 0.05) is 11.6 Å². The Morgan fingerprint density at radius 2 is 1.00 bits per heavy atom. The summed E-state index contributed by atoms with van der Waals surface area (Å²) in [5, 5.41) is 24.0. The molecule has 10 nitrogen and oxygen atoms in total. The molecule has 10 heteroatoms. The number of amides is 2. The highest BCUT2D eigenvalue weighted by Gasteiger charge is 2.24. The van der Waals surface area contributed by atoms with Crippen LogP contribution in [0.1, 0.15) is 72.9 Å². The lowest BCUT2D eigenvalue weighted by atomic mass is 9.95. The highest BCUT2D eigenvalue weighted by atomic mass is 16.6. The van der Waals surface area contributed by atoms with Gasteiger partial charge in [0.2, 0.25) is 0 Å². The third-order valence-electron chi connectivity index (χ3n) is 8.33. The van der Waals surface area contributed by atoms with Crippen LogP contribution in [0.3, 0.4) is 0 Å². The lowest BCUT2D eigenvalue weighted by Gasteiger charge is -2.24. The predicted molar refractivity (Wildman–Crippen MR) is 220 cm³/mol. The van der Waals surface area contributed by atoms with Crippen LogP contribution in [0.2, 0.25) is 0 Å². The number of benzene rings is 4. The normalized spacial score (nSPS) is 13.2. The number of rotatable bonds is 13. The average molecular weight is 765 g/mol. The Hall–Kier alpha value is -5.90. The Balaban J connectivity index is 0.000000300.